The first-order chi connectivity index (χ1) is 17.6. The molecule has 3 saturated carbocycles. The van der Waals surface area contributed by atoms with Crippen LogP contribution in [0.25, 0.3) is 0 Å². The Morgan fingerprint density at radius 2 is 1.84 bits per heavy atom. The molecule has 0 aromatic heterocycles. The van der Waals surface area contributed by atoms with E-state index in [9.17, 15) is 5.11 Å². The molecule has 4 heteroatoms. The molecule has 1 saturated heterocycles. The van der Waals surface area contributed by atoms with E-state index in [4.69, 9.17) is 4.74 Å². The van der Waals surface area contributed by atoms with Crippen LogP contribution in [0.2, 0.25) is 0 Å². The van der Waals surface area contributed by atoms with E-state index in [0.717, 1.165) is 32.4 Å². The van der Waals surface area contributed by atoms with E-state index >= 15 is 0 Å². The number of fused-ring (bicyclic) bond motifs is 4. The molecule has 1 aromatic carbocycles. The molecule has 1 aromatic rings. The van der Waals surface area contributed by atoms with Gasteiger partial charge in [-0.25, -0.2) is 0 Å². The topological polar surface area (TPSA) is 53.5 Å². The van der Waals surface area contributed by atoms with Gasteiger partial charge in [-0.1, -0.05) is 54.8 Å². The monoisotopic (exact) mass is 506 g/mol. The molecule has 4 fully saturated rings. The third-order valence-corrected chi connectivity index (χ3v) is 11.8. The first-order valence-electron chi connectivity index (χ1n) is 15.3. The van der Waals surface area contributed by atoms with Gasteiger partial charge in [-0.3, -0.25) is 5.32 Å². The van der Waals surface area contributed by atoms with Crippen molar-refractivity contribution in [2.45, 2.75) is 115 Å². The number of ether oxygens (including phenoxy) is 1. The number of allylic oxidation sites excluding steroid dienone is 2. The molecule has 4 nitrogen and oxygen atoms in total. The lowest BCUT2D eigenvalue weighted by Gasteiger charge is -2.58. The van der Waals surface area contributed by atoms with Gasteiger partial charge in [0.2, 0.25) is 0 Å². The van der Waals surface area contributed by atoms with Gasteiger partial charge in [0.15, 0.2) is 0 Å². The highest BCUT2D eigenvalue weighted by atomic mass is 16.5. The molecule has 7 unspecified atom stereocenters. The normalized spacial score (nSPS) is 45.5. The smallest absolute Gasteiger partial charge is 0.145 e. The fraction of sp³-hybridized carbons (Fsp3) is 0.758. The maximum Gasteiger partial charge on any atom is 0.145 e. The molecule has 1 aliphatic heterocycles. The molecule has 0 radical (unpaired) electrons. The third-order valence-electron chi connectivity index (χ3n) is 11.8. The first-order valence-corrected chi connectivity index (χ1v) is 15.3. The Morgan fingerprint density at radius 1 is 1.05 bits per heavy atom. The summed E-state index contributed by atoms with van der Waals surface area (Å²) in [7, 11) is 0. The van der Waals surface area contributed by atoms with Crippen LogP contribution in [0.4, 0.5) is 0 Å². The number of aryl methyl sites for hydroxylation is 1. The Morgan fingerprint density at radius 3 is 2.54 bits per heavy atom. The van der Waals surface area contributed by atoms with E-state index in [1.807, 2.05) is 0 Å². The minimum Gasteiger partial charge on any atom is -0.385 e. The van der Waals surface area contributed by atoms with Crippen molar-refractivity contribution in [3.05, 3.63) is 46.5 Å². The summed E-state index contributed by atoms with van der Waals surface area (Å²) >= 11 is 0. The lowest BCUT2D eigenvalue weighted by molar-refractivity contribution is -0.219. The fourth-order valence-electron chi connectivity index (χ4n) is 9.82. The Labute approximate surface area is 225 Å². The van der Waals surface area contributed by atoms with Crippen LogP contribution in [0.5, 0.6) is 0 Å². The van der Waals surface area contributed by atoms with Crippen molar-refractivity contribution in [2.75, 3.05) is 19.7 Å². The maximum absolute atomic E-state index is 12.6. The lowest BCUT2D eigenvalue weighted by Crippen LogP contribution is -2.67. The van der Waals surface area contributed by atoms with E-state index in [0.29, 0.717) is 30.3 Å². The second-order valence-corrected chi connectivity index (χ2v) is 14.0. The van der Waals surface area contributed by atoms with Gasteiger partial charge in [-0.15, -0.1) is 0 Å². The zero-order chi connectivity index (χ0) is 26.1. The van der Waals surface area contributed by atoms with Gasteiger partial charge in [0.05, 0.1) is 6.61 Å². The fourth-order valence-corrected chi connectivity index (χ4v) is 9.82. The number of hydrogen-bond donors (Lipinski definition) is 3. The predicted octanol–water partition coefficient (Wildman–Crippen LogP) is 6.23. The minimum atomic E-state index is -0.855. The van der Waals surface area contributed by atoms with Gasteiger partial charge in [0.1, 0.15) is 11.3 Å². The highest BCUT2D eigenvalue weighted by Gasteiger charge is 2.69. The predicted molar refractivity (Wildman–Crippen MR) is 150 cm³/mol. The highest BCUT2D eigenvalue weighted by molar-refractivity contribution is 5.42. The van der Waals surface area contributed by atoms with Gasteiger partial charge >= 0.3 is 0 Å². The van der Waals surface area contributed by atoms with E-state index in [2.05, 4.69) is 69.5 Å². The van der Waals surface area contributed by atoms with Crippen LogP contribution in [0.15, 0.2) is 35.4 Å². The first kappa shape index (κ1) is 26.0. The van der Waals surface area contributed by atoms with Crippen molar-refractivity contribution >= 4 is 0 Å². The molecule has 0 spiro atoms. The van der Waals surface area contributed by atoms with Crippen LogP contribution in [-0.4, -0.2) is 41.7 Å². The summed E-state index contributed by atoms with van der Waals surface area (Å²) in [4.78, 5) is 0. The minimum absolute atomic E-state index is 0.179. The third kappa shape index (κ3) is 3.91. The summed E-state index contributed by atoms with van der Waals surface area (Å²) in [6.07, 6.45) is 10.5. The molecular weight excluding hydrogens is 456 g/mol. The van der Waals surface area contributed by atoms with Crippen molar-refractivity contribution in [1.29, 1.82) is 0 Å². The quantitative estimate of drug-likeness (QED) is 0.414. The molecule has 4 aliphatic carbocycles. The van der Waals surface area contributed by atoms with Crippen molar-refractivity contribution in [1.82, 2.24) is 10.6 Å². The molecular formula is C33H50N2O2. The Bertz CT molecular complexity index is 1040. The summed E-state index contributed by atoms with van der Waals surface area (Å²) < 4.78 is 6.30. The van der Waals surface area contributed by atoms with Crippen LogP contribution < -0.4 is 10.6 Å². The van der Waals surface area contributed by atoms with Crippen molar-refractivity contribution in [2.24, 2.45) is 23.2 Å². The Kier molecular flexibility index (Phi) is 6.46. The van der Waals surface area contributed by atoms with Crippen LogP contribution in [0.1, 0.15) is 103 Å². The van der Waals surface area contributed by atoms with Gasteiger partial charge in [0.25, 0.3) is 0 Å². The summed E-state index contributed by atoms with van der Waals surface area (Å²) in [6, 6.07) is 9.35. The molecule has 6 rings (SSSR count). The number of nitrogens with one attached hydrogen (secondary N) is 2. The second kappa shape index (κ2) is 9.18. The average Bonchev–Trinajstić information content (AvgIpc) is 3.45. The zero-order valence-corrected chi connectivity index (χ0v) is 24.0. The molecule has 3 N–H and O–H groups in total. The van der Waals surface area contributed by atoms with Crippen LogP contribution in [-0.2, 0) is 4.74 Å². The van der Waals surface area contributed by atoms with E-state index in [-0.39, 0.29) is 11.0 Å². The van der Waals surface area contributed by atoms with Crippen molar-refractivity contribution in [3.8, 4) is 0 Å². The Hall–Kier alpha value is -1.20. The average molecular weight is 507 g/mol. The van der Waals surface area contributed by atoms with Gasteiger partial charge < -0.3 is 15.2 Å². The maximum atomic E-state index is 12.6. The molecule has 204 valence electrons. The number of rotatable bonds is 5. The van der Waals surface area contributed by atoms with Gasteiger partial charge in [-0.05, 0) is 108 Å². The molecule has 5 aliphatic rings. The highest BCUT2D eigenvalue weighted by Crippen LogP contribution is 2.69. The molecule has 0 amide bonds. The summed E-state index contributed by atoms with van der Waals surface area (Å²) in [5.74, 6) is 2.22. The number of benzene rings is 1. The lowest BCUT2D eigenvalue weighted by atomic mass is 9.49. The van der Waals surface area contributed by atoms with Gasteiger partial charge in [0, 0.05) is 23.4 Å². The largest absolute Gasteiger partial charge is 0.385 e. The van der Waals surface area contributed by atoms with Crippen LogP contribution in [0, 0.1) is 30.1 Å². The van der Waals surface area contributed by atoms with E-state index in [1.54, 1.807) is 11.1 Å². The summed E-state index contributed by atoms with van der Waals surface area (Å²) in [6.45, 7) is 14.1. The van der Waals surface area contributed by atoms with E-state index in [1.165, 1.54) is 49.7 Å². The zero-order valence-electron chi connectivity index (χ0n) is 24.0. The Balaban J connectivity index is 1.42. The number of hydrogen-bond acceptors (Lipinski definition) is 4. The molecule has 37 heavy (non-hydrogen) atoms. The van der Waals surface area contributed by atoms with Crippen LogP contribution >= 0.6 is 0 Å². The summed E-state index contributed by atoms with van der Waals surface area (Å²) in [5.41, 5.74) is 4.95. The molecule has 8 atom stereocenters. The van der Waals surface area contributed by atoms with Crippen LogP contribution in [0.3, 0.4) is 0 Å². The van der Waals surface area contributed by atoms with Crippen molar-refractivity contribution in [3.63, 3.8) is 0 Å². The summed E-state index contributed by atoms with van der Waals surface area (Å²) in [5, 5.41) is 20.1. The van der Waals surface area contributed by atoms with E-state index < -0.39 is 11.3 Å². The standard InChI is InChI=1S/C33H50N2O2/c1-6-17-34-30(3)15-13-25-24(20-30)11-12-26-28-14-16-33(36,32(5)35-18-19-37-32)31(28,4)21-27(29(25)26)23-9-7-22(2)8-10-23/h7-10,24,26-28,34-36H,6,11-21H2,1-5H3/t24?,26?,27?,28?,30?,31?,32?,33-/m1/s1. The number of aliphatic hydroxyl groups is 1. The van der Waals surface area contributed by atoms with Gasteiger partial charge in [-0.2, -0.15) is 0 Å². The molecule has 0 bridgehead atoms. The van der Waals surface area contributed by atoms with Crippen molar-refractivity contribution < 1.29 is 9.84 Å². The molecule has 1 heterocycles. The SMILES string of the molecule is CCCNC1(C)CCC2=C3C(c4ccc(C)cc4)CC4(C)C(CC[C@]4(O)C4(C)NCCO4)C3CCC2C1. The second-order valence-electron chi connectivity index (χ2n) is 14.0.